The fraction of sp³-hybridized carbons (Fsp3) is 0.500. The largest absolute Gasteiger partial charge is 0.464 e. The highest BCUT2D eigenvalue weighted by molar-refractivity contribution is 5.87. The summed E-state index contributed by atoms with van der Waals surface area (Å²) in [5, 5.41) is 3.96. The van der Waals surface area contributed by atoms with E-state index in [0.29, 0.717) is 5.69 Å². The third-order valence-electron chi connectivity index (χ3n) is 1.93. The molecule has 1 heterocycles. The fourth-order valence-corrected chi connectivity index (χ4v) is 1.14. The molecule has 0 aliphatic carbocycles. The summed E-state index contributed by atoms with van der Waals surface area (Å²) in [6.07, 6.45) is -0.314. The molecule has 2 N–H and O–H groups in total. The Balaban J connectivity index is 2.98. The Hall–Kier alpha value is -1.40. The summed E-state index contributed by atoms with van der Waals surface area (Å²) >= 11 is 0. The van der Waals surface area contributed by atoms with Gasteiger partial charge in [0.1, 0.15) is 6.10 Å². The van der Waals surface area contributed by atoms with Gasteiger partial charge in [-0.1, -0.05) is 0 Å². The lowest BCUT2D eigenvalue weighted by Gasteiger charge is -2.07. The SMILES string of the molecule is COC(=O)c1cc(C(C)ON)n(C)n1. The molecular weight excluding hydrogens is 186 g/mol. The molecular formula is C8H13N3O3. The molecule has 14 heavy (non-hydrogen) atoms. The van der Waals surface area contributed by atoms with Gasteiger partial charge in [-0.15, -0.1) is 0 Å². The van der Waals surface area contributed by atoms with Crippen molar-refractivity contribution in [3.8, 4) is 0 Å². The van der Waals surface area contributed by atoms with E-state index in [4.69, 9.17) is 5.90 Å². The third-order valence-corrected chi connectivity index (χ3v) is 1.93. The normalized spacial score (nSPS) is 12.6. The Labute approximate surface area is 81.5 Å². The molecule has 1 rings (SSSR count). The van der Waals surface area contributed by atoms with Crippen molar-refractivity contribution in [2.24, 2.45) is 12.9 Å². The fourth-order valence-electron chi connectivity index (χ4n) is 1.14. The van der Waals surface area contributed by atoms with Crippen LogP contribution in [0.4, 0.5) is 0 Å². The van der Waals surface area contributed by atoms with Gasteiger partial charge in [-0.25, -0.2) is 10.7 Å². The van der Waals surface area contributed by atoms with Crippen LogP contribution in [0.2, 0.25) is 0 Å². The number of ether oxygens (including phenoxy) is 1. The molecule has 78 valence electrons. The van der Waals surface area contributed by atoms with Crippen molar-refractivity contribution in [2.45, 2.75) is 13.0 Å². The van der Waals surface area contributed by atoms with Crippen LogP contribution in [0.15, 0.2) is 6.07 Å². The molecule has 1 aromatic heterocycles. The maximum absolute atomic E-state index is 11.1. The first-order valence-corrected chi connectivity index (χ1v) is 4.08. The molecule has 0 aromatic carbocycles. The summed E-state index contributed by atoms with van der Waals surface area (Å²) in [6, 6.07) is 1.59. The minimum atomic E-state index is -0.476. The van der Waals surface area contributed by atoms with Crippen molar-refractivity contribution in [3.63, 3.8) is 0 Å². The molecule has 1 aromatic rings. The number of nitrogens with zero attached hydrogens (tertiary/aromatic N) is 2. The predicted octanol–water partition coefficient (Wildman–Crippen LogP) is 0.158. The van der Waals surface area contributed by atoms with E-state index in [2.05, 4.69) is 14.7 Å². The number of hydrogen-bond donors (Lipinski definition) is 1. The van der Waals surface area contributed by atoms with Gasteiger partial charge in [0.15, 0.2) is 5.69 Å². The lowest BCUT2D eigenvalue weighted by molar-refractivity contribution is 0.0593. The van der Waals surface area contributed by atoms with Crippen LogP contribution in [-0.2, 0) is 16.6 Å². The first kappa shape index (κ1) is 10.7. The lowest BCUT2D eigenvalue weighted by Crippen LogP contribution is -2.09. The second kappa shape index (κ2) is 4.21. The molecule has 1 unspecified atom stereocenters. The van der Waals surface area contributed by atoms with Gasteiger partial charge in [0.2, 0.25) is 0 Å². The van der Waals surface area contributed by atoms with Crippen molar-refractivity contribution >= 4 is 5.97 Å². The Bertz CT molecular complexity index is 335. The van der Waals surface area contributed by atoms with E-state index >= 15 is 0 Å². The number of nitrogens with two attached hydrogens (primary N) is 1. The van der Waals surface area contributed by atoms with Crippen LogP contribution >= 0.6 is 0 Å². The predicted molar refractivity (Wildman–Crippen MR) is 48.2 cm³/mol. The van der Waals surface area contributed by atoms with Crippen LogP contribution < -0.4 is 5.90 Å². The number of rotatable bonds is 3. The molecule has 6 nitrogen and oxygen atoms in total. The molecule has 0 saturated heterocycles. The van der Waals surface area contributed by atoms with E-state index in [9.17, 15) is 4.79 Å². The molecule has 0 amide bonds. The van der Waals surface area contributed by atoms with Crippen molar-refractivity contribution < 1.29 is 14.4 Å². The van der Waals surface area contributed by atoms with Crippen LogP contribution in [0.1, 0.15) is 29.2 Å². The smallest absolute Gasteiger partial charge is 0.358 e. The van der Waals surface area contributed by atoms with E-state index in [1.54, 1.807) is 20.0 Å². The first-order valence-electron chi connectivity index (χ1n) is 4.08. The highest BCUT2D eigenvalue weighted by Crippen LogP contribution is 2.15. The maximum atomic E-state index is 11.1. The molecule has 0 aliphatic rings. The van der Waals surface area contributed by atoms with Gasteiger partial charge < -0.3 is 4.74 Å². The lowest BCUT2D eigenvalue weighted by atomic mass is 10.2. The number of methoxy groups -OCH3 is 1. The summed E-state index contributed by atoms with van der Waals surface area (Å²) in [5.41, 5.74) is 0.960. The molecule has 1 atom stereocenters. The van der Waals surface area contributed by atoms with E-state index in [0.717, 1.165) is 0 Å². The van der Waals surface area contributed by atoms with Crippen molar-refractivity contribution in [2.75, 3.05) is 7.11 Å². The quantitative estimate of drug-likeness (QED) is 0.554. The zero-order valence-corrected chi connectivity index (χ0v) is 8.35. The maximum Gasteiger partial charge on any atom is 0.358 e. The summed E-state index contributed by atoms with van der Waals surface area (Å²) in [7, 11) is 3.01. The van der Waals surface area contributed by atoms with Crippen molar-refractivity contribution in [1.29, 1.82) is 0 Å². The summed E-state index contributed by atoms with van der Waals surface area (Å²) in [5.74, 6) is 4.56. The molecule has 0 bridgehead atoms. The average Bonchev–Trinajstić information content (AvgIpc) is 2.58. The minimum Gasteiger partial charge on any atom is -0.464 e. The number of aromatic nitrogens is 2. The van der Waals surface area contributed by atoms with Crippen molar-refractivity contribution in [1.82, 2.24) is 9.78 Å². The van der Waals surface area contributed by atoms with Gasteiger partial charge in [0.05, 0.1) is 12.8 Å². The van der Waals surface area contributed by atoms with Gasteiger partial charge in [-0.05, 0) is 13.0 Å². The molecule has 0 fully saturated rings. The van der Waals surface area contributed by atoms with Gasteiger partial charge in [-0.3, -0.25) is 9.52 Å². The highest BCUT2D eigenvalue weighted by Gasteiger charge is 2.16. The van der Waals surface area contributed by atoms with Gasteiger partial charge >= 0.3 is 5.97 Å². The second-order valence-electron chi connectivity index (χ2n) is 2.85. The second-order valence-corrected chi connectivity index (χ2v) is 2.85. The van der Waals surface area contributed by atoms with Crippen LogP contribution in [-0.4, -0.2) is 22.9 Å². The first-order chi connectivity index (χ1) is 6.60. The van der Waals surface area contributed by atoms with E-state index in [-0.39, 0.29) is 11.8 Å². The number of esters is 1. The highest BCUT2D eigenvalue weighted by atomic mass is 16.6. The zero-order valence-electron chi connectivity index (χ0n) is 8.35. The topological polar surface area (TPSA) is 79.4 Å². The molecule has 0 spiro atoms. The standard InChI is InChI=1S/C8H13N3O3/c1-5(14-9)7-4-6(8(12)13-3)10-11(7)2/h4-5H,9H2,1-3H3. The van der Waals surface area contributed by atoms with Gasteiger partial charge in [0.25, 0.3) is 0 Å². The number of aryl methyl sites for hydroxylation is 1. The number of hydrogen-bond acceptors (Lipinski definition) is 5. The third kappa shape index (κ3) is 1.91. The minimum absolute atomic E-state index is 0.244. The average molecular weight is 199 g/mol. The molecule has 6 heteroatoms. The summed E-state index contributed by atoms with van der Waals surface area (Å²) in [6.45, 7) is 1.76. The van der Waals surface area contributed by atoms with Crippen LogP contribution in [0.5, 0.6) is 0 Å². The monoisotopic (exact) mass is 199 g/mol. The van der Waals surface area contributed by atoms with Crippen LogP contribution in [0.25, 0.3) is 0 Å². The number of carbonyl (C=O) groups is 1. The summed E-state index contributed by atoms with van der Waals surface area (Å²) < 4.78 is 6.06. The van der Waals surface area contributed by atoms with Gasteiger partial charge in [-0.2, -0.15) is 5.10 Å². The molecule has 0 aliphatic heterocycles. The summed E-state index contributed by atoms with van der Waals surface area (Å²) in [4.78, 5) is 15.8. The van der Waals surface area contributed by atoms with Crippen molar-refractivity contribution in [3.05, 3.63) is 17.5 Å². The van der Waals surface area contributed by atoms with Gasteiger partial charge in [0, 0.05) is 7.05 Å². The van der Waals surface area contributed by atoms with E-state index < -0.39 is 5.97 Å². The molecule has 0 saturated carbocycles. The Kier molecular flexibility index (Phi) is 3.21. The van der Waals surface area contributed by atoms with E-state index in [1.807, 2.05) is 0 Å². The van der Waals surface area contributed by atoms with Crippen LogP contribution in [0, 0.1) is 0 Å². The molecule has 0 radical (unpaired) electrons. The van der Waals surface area contributed by atoms with E-state index in [1.165, 1.54) is 11.8 Å². The number of carbonyl (C=O) groups excluding carboxylic acids is 1. The van der Waals surface area contributed by atoms with Crippen LogP contribution in [0.3, 0.4) is 0 Å². The Morgan fingerprint density at radius 1 is 1.71 bits per heavy atom. The Morgan fingerprint density at radius 3 is 2.86 bits per heavy atom. The Morgan fingerprint density at radius 2 is 2.36 bits per heavy atom. The zero-order chi connectivity index (χ0) is 10.7.